The highest BCUT2D eigenvalue weighted by molar-refractivity contribution is 9.10. The van der Waals surface area contributed by atoms with Crippen LogP contribution in [0.15, 0.2) is 29.3 Å². The summed E-state index contributed by atoms with van der Waals surface area (Å²) in [5, 5.41) is 3.89. The molecule has 0 unspecified atom stereocenters. The molecule has 4 saturated carbocycles. The third kappa shape index (κ3) is 3.48. The molecule has 25 heavy (non-hydrogen) atoms. The van der Waals surface area contributed by atoms with Crippen LogP contribution < -0.4 is 14.8 Å². The molecule has 136 valence electrons. The average molecular weight is 406 g/mol. The van der Waals surface area contributed by atoms with Crippen LogP contribution in [0.2, 0.25) is 0 Å². The predicted molar refractivity (Wildman–Crippen MR) is 104 cm³/mol. The lowest BCUT2D eigenvalue weighted by Crippen LogP contribution is -2.54. The monoisotopic (exact) mass is 405 g/mol. The topological polar surface area (TPSA) is 30.5 Å². The first-order chi connectivity index (χ1) is 12.2. The lowest BCUT2D eigenvalue weighted by molar-refractivity contribution is -0.0142. The van der Waals surface area contributed by atoms with Crippen LogP contribution in [0.5, 0.6) is 11.5 Å². The maximum atomic E-state index is 5.72. The highest BCUT2D eigenvalue weighted by Gasteiger charge is 2.47. The number of nitrogens with one attached hydrogen (secondary N) is 1. The Morgan fingerprint density at radius 3 is 2.44 bits per heavy atom. The van der Waals surface area contributed by atoms with Gasteiger partial charge in [-0.2, -0.15) is 0 Å². The van der Waals surface area contributed by atoms with E-state index < -0.39 is 0 Å². The van der Waals surface area contributed by atoms with Gasteiger partial charge in [0.05, 0.1) is 11.6 Å². The summed E-state index contributed by atoms with van der Waals surface area (Å²) in [4.78, 5) is 0. The van der Waals surface area contributed by atoms with Crippen molar-refractivity contribution in [2.75, 3.05) is 13.7 Å². The molecule has 4 aliphatic carbocycles. The molecule has 0 heterocycles. The van der Waals surface area contributed by atoms with Crippen LogP contribution >= 0.6 is 15.9 Å². The van der Waals surface area contributed by atoms with Crippen molar-refractivity contribution in [1.82, 2.24) is 5.32 Å². The van der Waals surface area contributed by atoms with E-state index in [4.69, 9.17) is 9.47 Å². The normalized spacial score (nSPS) is 32.6. The van der Waals surface area contributed by atoms with Crippen molar-refractivity contribution >= 4 is 15.9 Å². The van der Waals surface area contributed by atoms with E-state index >= 15 is 0 Å². The molecule has 0 aliphatic heterocycles. The summed E-state index contributed by atoms with van der Waals surface area (Å²) in [7, 11) is 1.69. The molecule has 4 bridgehead atoms. The van der Waals surface area contributed by atoms with Crippen molar-refractivity contribution in [3.63, 3.8) is 0 Å². The molecule has 4 heteroatoms. The second-order valence-electron chi connectivity index (χ2n) is 8.05. The van der Waals surface area contributed by atoms with Gasteiger partial charge >= 0.3 is 0 Å². The van der Waals surface area contributed by atoms with Crippen LogP contribution in [0, 0.1) is 23.7 Å². The van der Waals surface area contributed by atoms with E-state index in [0.717, 1.165) is 46.2 Å². The summed E-state index contributed by atoms with van der Waals surface area (Å²) in [6.45, 7) is 5.07. The molecule has 0 spiro atoms. The fraction of sp³-hybridized carbons (Fsp3) is 0.619. The smallest absolute Gasteiger partial charge is 0.175 e. The zero-order chi connectivity index (χ0) is 17.4. The number of methoxy groups -OCH3 is 1. The molecule has 1 aromatic rings. The van der Waals surface area contributed by atoms with Crippen molar-refractivity contribution in [2.45, 2.75) is 44.7 Å². The SMILES string of the molecule is C=CCOc1c(Br)cc(CNC2C3CC4CC(C3)CC2C4)cc1OC. The number of halogens is 1. The van der Waals surface area contributed by atoms with E-state index in [1.807, 2.05) is 0 Å². The van der Waals surface area contributed by atoms with E-state index in [2.05, 4.69) is 40.0 Å². The molecule has 0 atom stereocenters. The lowest BCUT2D eigenvalue weighted by Gasteiger charge is -2.54. The molecule has 0 radical (unpaired) electrons. The van der Waals surface area contributed by atoms with E-state index in [9.17, 15) is 0 Å². The summed E-state index contributed by atoms with van der Waals surface area (Å²) in [6, 6.07) is 4.94. The zero-order valence-corrected chi connectivity index (χ0v) is 16.6. The summed E-state index contributed by atoms with van der Waals surface area (Å²) in [6.07, 6.45) is 9.06. The minimum absolute atomic E-state index is 0.473. The third-order valence-corrected chi connectivity index (χ3v) is 6.99. The first-order valence-corrected chi connectivity index (χ1v) is 10.3. The Balaban J connectivity index is 1.44. The van der Waals surface area contributed by atoms with E-state index in [1.165, 1.54) is 37.7 Å². The van der Waals surface area contributed by atoms with Crippen LogP contribution in [-0.4, -0.2) is 19.8 Å². The van der Waals surface area contributed by atoms with Crippen molar-refractivity contribution in [2.24, 2.45) is 23.7 Å². The van der Waals surface area contributed by atoms with E-state index in [1.54, 1.807) is 13.2 Å². The molecule has 4 aliphatic rings. The maximum absolute atomic E-state index is 5.72. The summed E-state index contributed by atoms with van der Waals surface area (Å²) in [5.41, 5.74) is 1.24. The van der Waals surface area contributed by atoms with Gasteiger partial charge < -0.3 is 14.8 Å². The van der Waals surface area contributed by atoms with Gasteiger partial charge in [-0.1, -0.05) is 12.7 Å². The Hall–Kier alpha value is -1.00. The number of benzene rings is 1. The molecule has 1 N–H and O–H groups in total. The van der Waals surface area contributed by atoms with Gasteiger partial charge in [-0.15, -0.1) is 0 Å². The number of ether oxygens (including phenoxy) is 2. The quantitative estimate of drug-likeness (QED) is 0.651. The second-order valence-corrected chi connectivity index (χ2v) is 8.90. The fourth-order valence-corrected chi connectivity index (χ4v) is 6.26. The minimum atomic E-state index is 0.473. The standard InChI is InChI=1S/C21H28BrNO2/c1-3-4-25-21-18(22)10-15(11-19(21)24-2)12-23-20-16-6-13-5-14(8-16)9-17(20)7-13/h3,10-11,13-14,16-17,20,23H,1,4-9,12H2,2H3. The highest BCUT2D eigenvalue weighted by Crippen LogP contribution is 2.53. The Labute approximate surface area is 159 Å². The van der Waals surface area contributed by atoms with Crippen LogP contribution in [0.1, 0.15) is 37.7 Å². The number of rotatable bonds is 7. The molecule has 0 amide bonds. The summed E-state index contributed by atoms with van der Waals surface area (Å²) < 4.78 is 12.2. The van der Waals surface area contributed by atoms with Crippen molar-refractivity contribution in [3.05, 3.63) is 34.8 Å². The molecule has 5 rings (SSSR count). The minimum Gasteiger partial charge on any atom is -0.493 e. The Kier molecular flexibility index (Phi) is 5.10. The van der Waals surface area contributed by atoms with Gasteiger partial charge in [0, 0.05) is 12.6 Å². The Bertz CT molecular complexity index is 617. The van der Waals surface area contributed by atoms with Gasteiger partial charge in [-0.05, 0) is 89.4 Å². The van der Waals surface area contributed by atoms with Crippen molar-refractivity contribution in [3.8, 4) is 11.5 Å². The van der Waals surface area contributed by atoms with E-state index in [0.29, 0.717) is 12.6 Å². The van der Waals surface area contributed by atoms with Crippen LogP contribution in [0.25, 0.3) is 0 Å². The summed E-state index contributed by atoms with van der Waals surface area (Å²) in [5.74, 6) is 5.37. The number of hydrogen-bond acceptors (Lipinski definition) is 3. The Morgan fingerprint density at radius 2 is 1.84 bits per heavy atom. The lowest BCUT2D eigenvalue weighted by atomic mass is 9.54. The molecule has 0 aromatic heterocycles. The van der Waals surface area contributed by atoms with Gasteiger partial charge in [0.2, 0.25) is 0 Å². The van der Waals surface area contributed by atoms with E-state index in [-0.39, 0.29) is 0 Å². The van der Waals surface area contributed by atoms with Gasteiger partial charge in [0.1, 0.15) is 6.61 Å². The van der Waals surface area contributed by atoms with Crippen LogP contribution in [0.3, 0.4) is 0 Å². The predicted octanol–water partition coefficient (Wildman–Crippen LogP) is 4.94. The Morgan fingerprint density at radius 1 is 1.16 bits per heavy atom. The van der Waals surface area contributed by atoms with Gasteiger partial charge in [-0.25, -0.2) is 0 Å². The average Bonchev–Trinajstić information content (AvgIpc) is 2.59. The summed E-state index contributed by atoms with van der Waals surface area (Å²) >= 11 is 3.63. The second kappa shape index (κ2) is 7.32. The zero-order valence-electron chi connectivity index (χ0n) is 15.0. The van der Waals surface area contributed by atoms with Gasteiger partial charge in [-0.3, -0.25) is 0 Å². The van der Waals surface area contributed by atoms with Crippen LogP contribution in [0.4, 0.5) is 0 Å². The van der Waals surface area contributed by atoms with Crippen molar-refractivity contribution < 1.29 is 9.47 Å². The molecule has 1 aromatic carbocycles. The molecule has 0 saturated heterocycles. The molecule has 4 fully saturated rings. The van der Waals surface area contributed by atoms with Gasteiger partial charge in [0.25, 0.3) is 0 Å². The fourth-order valence-electron chi connectivity index (χ4n) is 5.65. The molecular formula is C21H28BrNO2. The largest absolute Gasteiger partial charge is 0.493 e. The first-order valence-electron chi connectivity index (χ1n) is 9.51. The first kappa shape index (κ1) is 17.4. The van der Waals surface area contributed by atoms with Crippen molar-refractivity contribution in [1.29, 1.82) is 0 Å². The van der Waals surface area contributed by atoms with Crippen LogP contribution in [-0.2, 0) is 6.54 Å². The molecule has 3 nitrogen and oxygen atoms in total. The highest BCUT2D eigenvalue weighted by atomic mass is 79.9. The van der Waals surface area contributed by atoms with Gasteiger partial charge in [0.15, 0.2) is 11.5 Å². The third-order valence-electron chi connectivity index (χ3n) is 6.40. The maximum Gasteiger partial charge on any atom is 0.175 e. The molecular weight excluding hydrogens is 378 g/mol. The number of hydrogen-bond donors (Lipinski definition) is 1.